The number of hydrogen-bond donors (Lipinski definition) is 1. The highest BCUT2D eigenvalue weighted by Crippen LogP contribution is 2.24. The average Bonchev–Trinajstić information content (AvgIpc) is 3.20. The van der Waals surface area contributed by atoms with Gasteiger partial charge in [-0.1, -0.05) is 52.3 Å². The van der Waals surface area contributed by atoms with Crippen LogP contribution in [0.3, 0.4) is 0 Å². The summed E-state index contributed by atoms with van der Waals surface area (Å²) in [7, 11) is -3.78. The largest absolute Gasteiger partial charge is 0.325 e. The van der Waals surface area contributed by atoms with Gasteiger partial charge < -0.3 is 5.32 Å². The lowest BCUT2D eigenvalue weighted by Gasteiger charge is -2.21. The molecule has 1 amide bonds. The lowest BCUT2D eigenvalue weighted by Crippen LogP contribution is -2.37. The monoisotopic (exact) mass is 478 g/mol. The number of benzene rings is 2. The molecule has 1 N–H and O–H groups in total. The first-order valence-corrected chi connectivity index (χ1v) is 11.6. The molecular formula is C20H19BrN2O3S2. The van der Waals surface area contributed by atoms with Crippen LogP contribution in [-0.4, -0.2) is 25.2 Å². The van der Waals surface area contributed by atoms with Crippen LogP contribution in [0.25, 0.3) is 0 Å². The fourth-order valence-corrected chi connectivity index (χ4v) is 5.67. The van der Waals surface area contributed by atoms with Crippen molar-refractivity contribution in [1.82, 2.24) is 4.31 Å². The molecule has 0 saturated heterocycles. The van der Waals surface area contributed by atoms with E-state index in [9.17, 15) is 13.2 Å². The lowest BCUT2D eigenvalue weighted by molar-refractivity contribution is -0.116. The zero-order valence-electron chi connectivity index (χ0n) is 15.1. The normalized spacial score (nSPS) is 11.5. The second kappa shape index (κ2) is 9.00. The van der Waals surface area contributed by atoms with Crippen LogP contribution in [0.15, 0.2) is 74.7 Å². The highest BCUT2D eigenvalue weighted by atomic mass is 79.9. The third kappa shape index (κ3) is 5.08. The van der Waals surface area contributed by atoms with Crippen LogP contribution in [-0.2, 0) is 21.4 Å². The van der Waals surface area contributed by atoms with E-state index in [1.54, 1.807) is 23.6 Å². The Morgan fingerprint density at radius 1 is 1.11 bits per heavy atom. The Bertz CT molecular complexity index is 1050. The van der Waals surface area contributed by atoms with E-state index in [-0.39, 0.29) is 23.2 Å². The minimum Gasteiger partial charge on any atom is -0.325 e. The molecule has 8 heteroatoms. The van der Waals surface area contributed by atoms with Gasteiger partial charge in [0.2, 0.25) is 5.91 Å². The predicted molar refractivity (Wildman–Crippen MR) is 116 cm³/mol. The number of nitrogens with zero attached hydrogens (tertiary/aromatic N) is 1. The van der Waals surface area contributed by atoms with Gasteiger partial charge >= 0.3 is 0 Å². The quantitative estimate of drug-likeness (QED) is 0.537. The van der Waals surface area contributed by atoms with Crippen molar-refractivity contribution >= 4 is 48.9 Å². The van der Waals surface area contributed by atoms with Gasteiger partial charge in [0.1, 0.15) is 4.21 Å². The smallest absolute Gasteiger partial charge is 0.253 e. The average molecular weight is 479 g/mol. The first-order chi connectivity index (χ1) is 13.4. The summed E-state index contributed by atoms with van der Waals surface area (Å²) < 4.78 is 28.4. The van der Waals surface area contributed by atoms with E-state index in [2.05, 4.69) is 21.2 Å². The topological polar surface area (TPSA) is 66.5 Å². The third-order valence-electron chi connectivity index (χ3n) is 4.07. The number of carbonyl (C=O) groups is 1. The molecule has 0 bridgehead atoms. The summed E-state index contributed by atoms with van der Waals surface area (Å²) in [6.45, 7) is 1.73. The Labute approximate surface area is 177 Å². The number of halogens is 1. The van der Waals surface area contributed by atoms with E-state index in [0.717, 1.165) is 26.9 Å². The molecule has 0 fully saturated rings. The number of rotatable bonds is 7. The highest BCUT2D eigenvalue weighted by molar-refractivity contribution is 9.10. The maximum Gasteiger partial charge on any atom is 0.253 e. The minimum atomic E-state index is -3.78. The maximum atomic E-state index is 13.0. The van der Waals surface area contributed by atoms with Gasteiger partial charge in [-0.3, -0.25) is 4.79 Å². The second-order valence-electron chi connectivity index (χ2n) is 6.20. The van der Waals surface area contributed by atoms with Gasteiger partial charge in [0.15, 0.2) is 0 Å². The van der Waals surface area contributed by atoms with Gasteiger partial charge in [-0.2, -0.15) is 4.31 Å². The molecule has 0 aliphatic heterocycles. The number of amides is 1. The van der Waals surface area contributed by atoms with Crippen molar-refractivity contribution < 1.29 is 13.2 Å². The predicted octanol–water partition coefficient (Wildman–Crippen LogP) is 4.65. The number of aryl methyl sites for hydroxylation is 1. The van der Waals surface area contributed by atoms with Crippen LogP contribution in [0.5, 0.6) is 0 Å². The molecule has 2 aromatic carbocycles. The van der Waals surface area contributed by atoms with Crippen molar-refractivity contribution in [2.75, 3.05) is 11.9 Å². The van der Waals surface area contributed by atoms with Crippen LogP contribution >= 0.6 is 27.3 Å². The van der Waals surface area contributed by atoms with Crippen LogP contribution < -0.4 is 5.32 Å². The van der Waals surface area contributed by atoms with Gasteiger partial charge in [-0.15, -0.1) is 11.3 Å². The van der Waals surface area contributed by atoms with E-state index < -0.39 is 10.0 Å². The molecule has 3 rings (SSSR count). The standard InChI is InChI=1S/C20H19BrN2O3S2/c1-15-12-17(21)9-10-18(15)22-19(24)14-23(13-16-6-3-2-4-7-16)28(25,26)20-8-5-11-27-20/h2-12H,13-14H2,1H3,(H,22,24). The Morgan fingerprint density at radius 3 is 2.50 bits per heavy atom. The van der Waals surface area contributed by atoms with Crippen molar-refractivity contribution in [3.05, 3.63) is 81.6 Å². The SMILES string of the molecule is Cc1cc(Br)ccc1NC(=O)CN(Cc1ccccc1)S(=O)(=O)c1cccs1. The van der Waals surface area contributed by atoms with Gasteiger partial charge in [0.25, 0.3) is 10.0 Å². The van der Waals surface area contributed by atoms with Crippen LogP contribution in [0.1, 0.15) is 11.1 Å². The maximum absolute atomic E-state index is 13.0. The molecule has 0 atom stereocenters. The van der Waals surface area contributed by atoms with E-state index >= 15 is 0 Å². The van der Waals surface area contributed by atoms with Crippen LogP contribution in [0.4, 0.5) is 5.69 Å². The van der Waals surface area contributed by atoms with Crippen molar-refractivity contribution in [3.8, 4) is 0 Å². The fourth-order valence-electron chi connectivity index (χ4n) is 2.67. The van der Waals surface area contributed by atoms with Crippen molar-refractivity contribution in [1.29, 1.82) is 0 Å². The molecule has 5 nitrogen and oxygen atoms in total. The Balaban J connectivity index is 1.83. The number of sulfonamides is 1. The molecule has 0 aliphatic carbocycles. The zero-order valence-corrected chi connectivity index (χ0v) is 18.4. The van der Waals surface area contributed by atoms with Gasteiger partial charge in [-0.05, 0) is 47.7 Å². The molecular weight excluding hydrogens is 460 g/mol. The molecule has 0 radical (unpaired) electrons. The molecule has 28 heavy (non-hydrogen) atoms. The van der Waals surface area contributed by atoms with E-state index in [0.29, 0.717) is 5.69 Å². The summed E-state index contributed by atoms with van der Waals surface area (Å²) in [5, 5.41) is 4.52. The Morgan fingerprint density at radius 2 is 1.86 bits per heavy atom. The molecule has 1 aromatic heterocycles. The highest BCUT2D eigenvalue weighted by Gasteiger charge is 2.28. The zero-order chi connectivity index (χ0) is 20.1. The molecule has 146 valence electrons. The second-order valence-corrected chi connectivity index (χ2v) is 10.2. The first kappa shape index (κ1) is 20.7. The van der Waals surface area contributed by atoms with E-state index in [4.69, 9.17) is 0 Å². The van der Waals surface area contributed by atoms with Gasteiger partial charge in [0.05, 0.1) is 6.54 Å². The number of carbonyl (C=O) groups excluding carboxylic acids is 1. The van der Waals surface area contributed by atoms with Crippen LogP contribution in [0, 0.1) is 6.92 Å². The Kier molecular flexibility index (Phi) is 6.66. The Hall–Kier alpha value is -2.00. The van der Waals surface area contributed by atoms with Crippen molar-refractivity contribution in [2.24, 2.45) is 0 Å². The lowest BCUT2D eigenvalue weighted by atomic mass is 10.2. The molecule has 0 unspecified atom stereocenters. The summed E-state index contributed by atoms with van der Waals surface area (Å²) >= 11 is 4.53. The molecule has 1 heterocycles. The molecule has 0 spiro atoms. The third-order valence-corrected chi connectivity index (χ3v) is 7.73. The van der Waals surface area contributed by atoms with Crippen molar-refractivity contribution in [3.63, 3.8) is 0 Å². The fraction of sp³-hybridized carbons (Fsp3) is 0.150. The summed E-state index contributed by atoms with van der Waals surface area (Å²) in [4.78, 5) is 12.6. The number of nitrogens with one attached hydrogen (secondary N) is 1. The summed E-state index contributed by atoms with van der Waals surface area (Å²) in [6, 6.07) is 18.0. The van der Waals surface area contributed by atoms with E-state index in [1.807, 2.05) is 49.4 Å². The first-order valence-electron chi connectivity index (χ1n) is 8.50. The van der Waals surface area contributed by atoms with Gasteiger partial charge in [-0.25, -0.2) is 8.42 Å². The molecule has 3 aromatic rings. The summed E-state index contributed by atoms with van der Waals surface area (Å²) in [5.41, 5.74) is 2.36. The number of thiophene rings is 1. The minimum absolute atomic E-state index is 0.119. The summed E-state index contributed by atoms with van der Waals surface area (Å²) in [6.07, 6.45) is 0. The van der Waals surface area contributed by atoms with Crippen molar-refractivity contribution in [2.45, 2.75) is 17.7 Å². The van der Waals surface area contributed by atoms with E-state index in [1.165, 1.54) is 4.31 Å². The number of anilines is 1. The molecule has 0 aliphatic rings. The number of hydrogen-bond acceptors (Lipinski definition) is 4. The van der Waals surface area contributed by atoms with Crippen LogP contribution in [0.2, 0.25) is 0 Å². The van der Waals surface area contributed by atoms with Gasteiger partial charge in [0, 0.05) is 16.7 Å². The summed E-state index contributed by atoms with van der Waals surface area (Å²) in [5.74, 6) is -0.388. The molecule has 0 saturated carbocycles.